The minimum absolute atomic E-state index is 0.705. The Morgan fingerprint density at radius 2 is 2.28 bits per heavy atom. The highest BCUT2D eigenvalue weighted by Gasteiger charge is 2.06. The number of thiophene rings is 1. The number of nitrogens with zero attached hydrogens (tertiary/aromatic N) is 2. The lowest BCUT2D eigenvalue weighted by Crippen LogP contribution is -2.18. The molecule has 0 aliphatic heterocycles. The van der Waals surface area contributed by atoms with E-state index in [4.69, 9.17) is 0 Å². The zero-order valence-corrected chi connectivity index (χ0v) is 12.1. The lowest BCUT2D eigenvalue weighted by molar-refractivity contribution is 0.554. The lowest BCUT2D eigenvalue weighted by Gasteiger charge is -2.05. The van der Waals surface area contributed by atoms with Crippen LogP contribution in [0.25, 0.3) is 0 Å². The highest BCUT2D eigenvalue weighted by Crippen LogP contribution is 2.22. The molecule has 4 heteroatoms. The summed E-state index contributed by atoms with van der Waals surface area (Å²) >= 11 is 1.89. The number of imidazole rings is 1. The second-order valence-electron chi connectivity index (χ2n) is 5.05. The van der Waals surface area contributed by atoms with Crippen molar-refractivity contribution in [2.24, 2.45) is 5.92 Å². The van der Waals surface area contributed by atoms with Gasteiger partial charge < -0.3 is 9.88 Å². The number of hydrogen-bond acceptors (Lipinski definition) is 3. The van der Waals surface area contributed by atoms with Crippen molar-refractivity contribution in [1.29, 1.82) is 0 Å². The molecule has 2 heterocycles. The molecular formula is C14H21N3S. The molecule has 0 spiro atoms. The summed E-state index contributed by atoms with van der Waals surface area (Å²) in [6, 6.07) is 2.31. The molecule has 0 aliphatic carbocycles. The van der Waals surface area contributed by atoms with Crippen LogP contribution in [0.3, 0.4) is 0 Å². The first-order valence-corrected chi connectivity index (χ1v) is 7.21. The van der Waals surface area contributed by atoms with Gasteiger partial charge in [0, 0.05) is 35.2 Å². The van der Waals surface area contributed by atoms with Crippen molar-refractivity contribution in [3.8, 4) is 0 Å². The highest BCUT2D eigenvalue weighted by atomic mass is 32.1. The zero-order chi connectivity index (χ0) is 13.0. The molecule has 18 heavy (non-hydrogen) atoms. The Morgan fingerprint density at radius 3 is 2.94 bits per heavy atom. The van der Waals surface area contributed by atoms with Gasteiger partial charge in [-0.1, -0.05) is 13.8 Å². The van der Waals surface area contributed by atoms with Gasteiger partial charge in [0.15, 0.2) is 0 Å². The van der Waals surface area contributed by atoms with Crippen LogP contribution in [0, 0.1) is 12.8 Å². The summed E-state index contributed by atoms with van der Waals surface area (Å²) in [5.74, 6) is 0.705. The van der Waals surface area contributed by atoms with Gasteiger partial charge in [0.2, 0.25) is 0 Å². The number of aromatic nitrogens is 2. The van der Waals surface area contributed by atoms with Gasteiger partial charge in [-0.2, -0.15) is 0 Å². The molecule has 2 aromatic heterocycles. The van der Waals surface area contributed by atoms with Gasteiger partial charge in [-0.3, -0.25) is 0 Å². The smallest absolute Gasteiger partial charge is 0.0949 e. The SMILES string of the molecule is Cc1sc(CNCC(C)C)cc1Cn1ccnc1. The Hall–Kier alpha value is -1.13. The molecule has 0 saturated carbocycles. The third-order valence-corrected chi connectivity index (χ3v) is 3.93. The van der Waals surface area contributed by atoms with E-state index in [0.717, 1.165) is 19.6 Å². The van der Waals surface area contributed by atoms with Crippen LogP contribution >= 0.6 is 11.3 Å². The Labute approximate surface area is 113 Å². The first-order valence-electron chi connectivity index (χ1n) is 6.40. The van der Waals surface area contributed by atoms with E-state index in [-0.39, 0.29) is 0 Å². The monoisotopic (exact) mass is 263 g/mol. The van der Waals surface area contributed by atoms with E-state index in [9.17, 15) is 0 Å². The number of aryl methyl sites for hydroxylation is 1. The molecule has 0 bridgehead atoms. The van der Waals surface area contributed by atoms with Crippen LogP contribution in [0.1, 0.15) is 29.2 Å². The number of hydrogen-bond donors (Lipinski definition) is 1. The minimum atomic E-state index is 0.705. The second kappa shape index (κ2) is 6.16. The summed E-state index contributed by atoms with van der Waals surface area (Å²) in [6.45, 7) is 9.64. The third kappa shape index (κ3) is 3.68. The van der Waals surface area contributed by atoms with Gasteiger partial charge >= 0.3 is 0 Å². The van der Waals surface area contributed by atoms with E-state index in [2.05, 4.69) is 41.7 Å². The molecule has 0 aliphatic rings. The van der Waals surface area contributed by atoms with Gasteiger partial charge in [0.1, 0.15) is 0 Å². The highest BCUT2D eigenvalue weighted by molar-refractivity contribution is 7.12. The van der Waals surface area contributed by atoms with E-state index in [0.29, 0.717) is 5.92 Å². The van der Waals surface area contributed by atoms with Crippen LogP contribution in [0.2, 0.25) is 0 Å². The van der Waals surface area contributed by atoms with Crippen molar-refractivity contribution in [2.75, 3.05) is 6.54 Å². The van der Waals surface area contributed by atoms with E-state index in [1.807, 2.05) is 30.1 Å². The van der Waals surface area contributed by atoms with Crippen LogP contribution in [0.4, 0.5) is 0 Å². The van der Waals surface area contributed by atoms with E-state index >= 15 is 0 Å². The molecule has 0 atom stereocenters. The summed E-state index contributed by atoms with van der Waals surface area (Å²) in [7, 11) is 0. The molecular weight excluding hydrogens is 242 g/mol. The van der Waals surface area contributed by atoms with Crippen molar-refractivity contribution in [3.05, 3.63) is 40.1 Å². The van der Waals surface area contributed by atoms with Crippen molar-refractivity contribution in [2.45, 2.75) is 33.9 Å². The standard InChI is InChI=1S/C14H21N3S/c1-11(2)7-16-8-14-6-13(12(3)18-14)9-17-5-4-15-10-17/h4-6,10-11,16H,7-9H2,1-3H3. The van der Waals surface area contributed by atoms with Crippen molar-refractivity contribution >= 4 is 11.3 Å². The first kappa shape index (κ1) is 13.3. The summed E-state index contributed by atoms with van der Waals surface area (Å²) in [4.78, 5) is 6.90. The fourth-order valence-electron chi connectivity index (χ4n) is 1.89. The largest absolute Gasteiger partial charge is 0.333 e. The maximum atomic E-state index is 4.08. The van der Waals surface area contributed by atoms with Crippen LogP contribution in [-0.2, 0) is 13.1 Å². The predicted molar refractivity (Wildman–Crippen MR) is 76.9 cm³/mol. The molecule has 0 saturated heterocycles. The second-order valence-corrected chi connectivity index (χ2v) is 6.39. The molecule has 0 radical (unpaired) electrons. The van der Waals surface area contributed by atoms with Crippen LogP contribution in [0.5, 0.6) is 0 Å². The quantitative estimate of drug-likeness (QED) is 0.868. The van der Waals surface area contributed by atoms with Gasteiger partial charge in [-0.05, 0) is 31.0 Å². The topological polar surface area (TPSA) is 29.9 Å². The zero-order valence-electron chi connectivity index (χ0n) is 11.3. The van der Waals surface area contributed by atoms with Crippen molar-refractivity contribution in [1.82, 2.24) is 14.9 Å². The minimum Gasteiger partial charge on any atom is -0.333 e. The Kier molecular flexibility index (Phi) is 4.55. The molecule has 2 rings (SSSR count). The van der Waals surface area contributed by atoms with E-state index in [1.165, 1.54) is 15.3 Å². The van der Waals surface area contributed by atoms with Gasteiger partial charge in [-0.25, -0.2) is 4.98 Å². The normalized spacial score (nSPS) is 11.3. The Morgan fingerprint density at radius 1 is 1.44 bits per heavy atom. The van der Waals surface area contributed by atoms with E-state index < -0.39 is 0 Å². The average Bonchev–Trinajstić information content (AvgIpc) is 2.90. The molecule has 0 amide bonds. The Balaban J connectivity index is 1.94. The Bertz CT molecular complexity index is 471. The molecule has 98 valence electrons. The molecule has 3 nitrogen and oxygen atoms in total. The summed E-state index contributed by atoms with van der Waals surface area (Å²) in [5, 5.41) is 3.49. The summed E-state index contributed by atoms with van der Waals surface area (Å²) in [5.41, 5.74) is 1.40. The molecule has 1 N–H and O–H groups in total. The van der Waals surface area contributed by atoms with Crippen molar-refractivity contribution < 1.29 is 0 Å². The van der Waals surface area contributed by atoms with Crippen LogP contribution < -0.4 is 5.32 Å². The maximum absolute atomic E-state index is 4.08. The molecule has 2 aromatic rings. The fraction of sp³-hybridized carbons (Fsp3) is 0.500. The first-order chi connectivity index (χ1) is 8.65. The van der Waals surface area contributed by atoms with Crippen LogP contribution in [0.15, 0.2) is 24.8 Å². The fourth-order valence-corrected chi connectivity index (χ4v) is 2.92. The van der Waals surface area contributed by atoms with Gasteiger partial charge in [0.05, 0.1) is 6.33 Å². The summed E-state index contributed by atoms with van der Waals surface area (Å²) < 4.78 is 2.11. The van der Waals surface area contributed by atoms with Crippen molar-refractivity contribution in [3.63, 3.8) is 0 Å². The molecule has 0 unspecified atom stereocenters. The molecule has 0 fully saturated rings. The molecule has 0 aromatic carbocycles. The predicted octanol–water partition coefficient (Wildman–Crippen LogP) is 3.05. The van der Waals surface area contributed by atoms with Gasteiger partial charge in [0.25, 0.3) is 0 Å². The van der Waals surface area contributed by atoms with Gasteiger partial charge in [-0.15, -0.1) is 11.3 Å². The average molecular weight is 263 g/mol. The number of rotatable bonds is 6. The van der Waals surface area contributed by atoms with E-state index in [1.54, 1.807) is 0 Å². The third-order valence-electron chi connectivity index (χ3n) is 2.84. The van der Waals surface area contributed by atoms with Crippen LogP contribution in [-0.4, -0.2) is 16.1 Å². The summed E-state index contributed by atoms with van der Waals surface area (Å²) in [6.07, 6.45) is 5.70. The number of nitrogens with one attached hydrogen (secondary N) is 1. The maximum Gasteiger partial charge on any atom is 0.0949 e. The lowest BCUT2D eigenvalue weighted by atomic mass is 10.2.